The highest BCUT2D eigenvalue weighted by Crippen LogP contribution is 2.39. The fraction of sp³-hybridized carbons (Fsp3) is 0.500. The molecule has 1 heterocycles. The van der Waals surface area contributed by atoms with Gasteiger partial charge in [0.25, 0.3) is 5.91 Å². The molecule has 0 spiro atoms. The summed E-state index contributed by atoms with van der Waals surface area (Å²) in [6.45, 7) is 1.95. The van der Waals surface area contributed by atoms with Crippen LogP contribution in [0.1, 0.15) is 48.2 Å². The van der Waals surface area contributed by atoms with Crippen molar-refractivity contribution in [3.8, 4) is 5.69 Å². The predicted octanol–water partition coefficient (Wildman–Crippen LogP) is 2.82. The lowest BCUT2D eigenvalue weighted by atomic mass is 9.67. The number of carbonyl (C=O) groups is 1. The topological polar surface area (TPSA) is 72.9 Å². The van der Waals surface area contributed by atoms with Crippen molar-refractivity contribution in [3.05, 3.63) is 47.8 Å². The van der Waals surface area contributed by atoms with Crippen LogP contribution in [-0.4, -0.2) is 27.8 Å². The first-order valence-corrected chi connectivity index (χ1v) is 9.30. The first-order valence-electron chi connectivity index (χ1n) is 9.30. The van der Waals surface area contributed by atoms with Crippen LogP contribution < -0.4 is 11.1 Å². The Hall–Kier alpha value is -2.14. The van der Waals surface area contributed by atoms with Gasteiger partial charge in [-0.2, -0.15) is 5.10 Å². The van der Waals surface area contributed by atoms with Gasteiger partial charge < -0.3 is 11.1 Å². The maximum atomic E-state index is 12.9. The van der Waals surface area contributed by atoms with E-state index in [1.807, 2.05) is 41.9 Å². The van der Waals surface area contributed by atoms with Gasteiger partial charge in [-0.25, -0.2) is 4.68 Å². The van der Waals surface area contributed by atoms with E-state index in [4.69, 9.17) is 5.73 Å². The summed E-state index contributed by atoms with van der Waals surface area (Å²) in [5, 5.41) is 7.74. The third-order valence-electron chi connectivity index (χ3n) is 5.93. The maximum absolute atomic E-state index is 12.9. The average Bonchev–Trinajstić information content (AvgIpc) is 2.98. The van der Waals surface area contributed by atoms with Gasteiger partial charge in [0.2, 0.25) is 0 Å². The van der Waals surface area contributed by atoms with E-state index >= 15 is 0 Å². The van der Waals surface area contributed by atoms with E-state index < -0.39 is 0 Å². The standard InChI is InChI=1S/C20H26N4O/c1-13-18(12-22-24(13)17-8-3-2-4-9-17)20(25)23-19-14-6-5-7-15(19)11-16(21)10-14/h2-4,8-9,12,14-16,19H,5-7,10-11,21H2,1H3,(H,23,25). The van der Waals surface area contributed by atoms with Gasteiger partial charge >= 0.3 is 0 Å². The summed E-state index contributed by atoms with van der Waals surface area (Å²) in [5.74, 6) is 1.05. The van der Waals surface area contributed by atoms with Gasteiger partial charge in [0.15, 0.2) is 0 Å². The molecular formula is C20H26N4O. The largest absolute Gasteiger partial charge is 0.349 e. The lowest BCUT2D eigenvalue weighted by molar-refractivity contribution is 0.0755. The molecule has 25 heavy (non-hydrogen) atoms. The number of nitrogens with one attached hydrogen (secondary N) is 1. The van der Waals surface area contributed by atoms with Crippen LogP contribution in [0.4, 0.5) is 0 Å². The number of para-hydroxylation sites is 1. The maximum Gasteiger partial charge on any atom is 0.254 e. The highest BCUT2D eigenvalue weighted by atomic mass is 16.1. The zero-order valence-electron chi connectivity index (χ0n) is 14.7. The second-order valence-electron chi connectivity index (χ2n) is 7.57. The zero-order chi connectivity index (χ0) is 17.4. The molecule has 2 fully saturated rings. The van der Waals surface area contributed by atoms with E-state index in [1.54, 1.807) is 6.20 Å². The van der Waals surface area contributed by atoms with E-state index in [0.717, 1.165) is 24.2 Å². The number of carbonyl (C=O) groups excluding carboxylic acids is 1. The summed E-state index contributed by atoms with van der Waals surface area (Å²) in [4.78, 5) is 12.9. The Morgan fingerprint density at radius 1 is 1.20 bits per heavy atom. The number of hydrogen-bond donors (Lipinski definition) is 2. The summed E-state index contributed by atoms with van der Waals surface area (Å²) in [7, 11) is 0. The number of aromatic nitrogens is 2. The number of nitrogens with two attached hydrogens (primary N) is 1. The van der Waals surface area contributed by atoms with Crippen LogP contribution in [0.25, 0.3) is 5.69 Å². The van der Waals surface area contributed by atoms with Crippen molar-refractivity contribution in [2.45, 2.75) is 51.1 Å². The number of amides is 1. The molecule has 0 radical (unpaired) electrons. The molecule has 2 aromatic rings. The summed E-state index contributed by atoms with van der Waals surface area (Å²) < 4.78 is 1.83. The second-order valence-corrected chi connectivity index (χ2v) is 7.57. The number of benzene rings is 1. The fourth-order valence-electron chi connectivity index (χ4n) is 4.72. The molecule has 2 aliphatic rings. The van der Waals surface area contributed by atoms with E-state index in [9.17, 15) is 4.79 Å². The molecule has 2 saturated carbocycles. The second kappa shape index (κ2) is 6.64. The molecule has 0 saturated heterocycles. The Balaban J connectivity index is 1.53. The first kappa shape index (κ1) is 16.3. The number of rotatable bonds is 3. The molecule has 0 aliphatic heterocycles. The molecule has 5 nitrogen and oxygen atoms in total. The zero-order valence-corrected chi connectivity index (χ0v) is 14.7. The van der Waals surface area contributed by atoms with E-state index in [1.165, 1.54) is 19.3 Å². The quantitative estimate of drug-likeness (QED) is 0.904. The van der Waals surface area contributed by atoms with E-state index in [-0.39, 0.29) is 11.9 Å². The van der Waals surface area contributed by atoms with Gasteiger partial charge in [0.1, 0.15) is 0 Å². The van der Waals surface area contributed by atoms with Crippen molar-refractivity contribution >= 4 is 5.91 Å². The van der Waals surface area contributed by atoms with Gasteiger partial charge in [0, 0.05) is 12.1 Å². The Morgan fingerprint density at radius 2 is 1.88 bits per heavy atom. The lowest BCUT2D eigenvalue weighted by Gasteiger charge is -2.45. The number of nitrogens with zero attached hydrogens (tertiary/aromatic N) is 2. The highest BCUT2D eigenvalue weighted by Gasteiger charge is 2.40. The molecule has 1 aromatic carbocycles. The SMILES string of the molecule is Cc1c(C(=O)NC2C3CCCC2CC(N)C3)cnn1-c1ccccc1. The molecule has 5 heteroatoms. The Kier molecular flexibility index (Phi) is 4.34. The van der Waals surface area contributed by atoms with Crippen LogP contribution in [0.2, 0.25) is 0 Å². The predicted molar refractivity (Wildman–Crippen MR) is 97.6 cm³/mol. The summed E-state index contributed by atoms with van der Waals surface area (Å²) in [5.41, 5.74) is 8.71. The molecule has 1 aromatic heterocycles. The first-order chi connectivity index (χ1) is 12.1. The van der Waals surface area contributed by atoms with Crippen LogP contribution in [0.5, 0.6) is 0 Å². The number of fused-ring (bicyclic) bond motifs is 2. The van der Waals surface area contributed by atoms with Crippen molar-refractivity contribution in [2.24, 2.45) is 17.6 Å². The molecule has 2 atom stereocenters. The van der Waals surface area contributed by atoms with Crippen molar-refractivity contribution in [3.63, 3.8) is 0 Å². The Labute approximate surface area is 148 Å². The molecule has 4 rings (SSSR count). The minimum Gasteiger partial charge on any atom is -0.349 e. The minimum absolute atomic E-state index is 0.00273. The fourth-order valence-corrected chi connectivity index (χ4v) is 4.72. The monoisotopic (exact) mass is 338 g/mol. The van der Waals surface area contributed by atoms with Crippen molar-refractivity contribution < 1.29 is 4.79 Å². The third kappa shape index (κ3) is 3.09. The molecule has 2 aliphatic carbocycles. The van der Waals surface area contributed by atoms with Gasteiger partial charge in [-0.3, -0.25) is 4.79 Å². The van der Waals surface area contributed by atoms with Gasteiger partial charge in [-0.15, -0.1) is 0 Å². The molecule has 3 N–H and O–H groups in total. The summed E-state index contributed by atoms with van der Waals surface area (Å²) >= 11 is 0. The van der Waals surface area contributed by atoms with Crippen LogP contribution >= 0.6 is 0 Å². The van der Waals surface area contributed by atoms with Gasteiger partial charge in [-0.05, 0) is 56.6 Å². The van der Waals surface area contributed by atoms with Crippen LogP contribution in [-0.2, 0) is 0 Å². The third-order valence-corrected chi connectivity index (χ3v) is 5.93. The highest BCUT2D eigenvalue weighted by molar-refractivity contribution is 5.95. The van der Waals surface area contributed by atoms with Crippen LogP contribution in [0.15, 0.2) is 36.5 Å². The van der Waals surface area contributed by atoms with Crippen molar-refractivity contribution in [2.75, 3.05) is 0 Å². The molecule has 132 valence electrons. The van der Waals surface area contributed by atoms with E-state index in [2.05, 4.69) is 10.4 Å². The lowest BCUT2D eigenvalue weighted by Crippen LogP contribution is -2.53. The summed E-state index contributed by atoms with van der Waals surface area (Å²) in [6.07, 6.45) is 7.36. The summed E-state index contributed by atoms with van der Waals surface area (Å²) in [6, 6.07) is 10.5. The smallest absolute Gasteiger partial charge is 0.254 e. The normalized spacial score (nSPS) is 28.6. The average molecular weight is 338 g/mol. The molecule has 1 amide bonds. The molecule has 2 bridgehead atoms. The van der Waals surface area contributed by atoms with Gasteiger partial charge in [0.05, 0.1) is 23.1 Å². The Bertz CT molecular complexity index is 740. The van der Waals surface area contributed by atoms with E-state index in [0.29, 0.717) is 23.4 Å². The molecule has 2 unspecified atom stereocenters. The van der Waals surface area contributed by atoms with Gasteiger partial charge in [-0.1, -0.05) is 24.6 Å². The molecular weight excluding hydrogens is 312 g/mol. The van der Waals surface area contributed by atoms with Crippen LogP contribution in [0.3, 0.4) is 0 Å². The minimum atomic E-state index is -0.00273. The van der Waals surface area contributed by atoms with Crippen molar-refractivity contribution in [1.29, 1.82) is 0 Å². The van der Waals surface area contributed by atoms with Crippen molar-refractivity contribution in [1.82, 2.24) is 15.1 Å². The Morgan fingerprint density at radius 3 is 2.56 bits per heavy atom. The number of hydrogen-bond acceptors (Lipinski definition) is 3. The van der Waals surface area contributed by atoms with Crippen LogP contribution in [0, 0.1) is 18.8 Å².